The third-order valence-corrected chi connectivity index (χ3v) is 3.69. The highest BCUT2D eigenvalue weighted by Crippen LogP contribution is 2.24. The topological polar surface area (TPSA) is 64.1 Å². The van der Waals surface area contributed by atoms with E-state index >= 15 is 0 Å². The van der Waals surface area contributed by atoms with Crippen molar-refractivity contribution in [3.05, 3.63) is 23.8 Å². The van der Waals surface area contributed by atoms with Gasteiger partial charge in [0, 0.05) is 32.8 Å². The van der Waals surface area contributed by atoms with Gasteiger partial charge in [-0.2, -0.15) is 0 Å². The average Bonchev–Trinajstić information content (AvgIpc) is 2.64. The van der Waals surface area contributed by atoms with Gasteiger partial charge in [-0.25, -0.2) is 0 Å². The minimum absolute atomic E-state index is 0. The zero-order chi connectivity index (χ0) is 18.3. The molecule has 0 atom stereocenters. The van der Waals surface area contributed by atoms with Gasteiger partial charge < -0.3 is 24.8 Å². The van der Waals surface area contributed by atoms with E-state index in [2.05, 4.69) is 22.5 Å². The second-order valence-corrected chi connectivity index (χ2v) is 5.52. The van der Waals surface area contributed by atoms with E-state index in [1.54, 1.807) is 14.2 Å². The van der Waals surface area contributed by atoms with E-state index in [-0.39, 0.29) is 24.0 Å². The van der Waals surface area contributed by atoms with Gasteiger partial charge in [-0.3, -0.25) is 4.99 Å². The van der Waals surface area contributed by atoms with Crippen LogP contribution in [0.3, 0.4) is 0 Å². The first-order chi connectivity index (χ1) is 12.2. The van der Waals surface area contributed by atoms with Crippen molar-refractivity contribution in [1.29, 1.82) is 0 Å². The van der Waals surface area contributed by atoms with Crippen LogP contribution >= 0.6 is 24.0 Å². The number of benzene rings is 1. The van der Waals surface area contributed by atoms with Crippen LogP contribution in [0.1, 0.15) is 32.3 Å². The Hall–Kier alpha value is -1.22. The van der Waals surface area contributed by atoms with Crippen LogP contribution in [0.4, 0.5) is 0 Å². The summed E-state index contributed by atoms with van der Waals surface area (Å²) in [7, 11) is 3.36. The van der Waals surface area contributed by atoms with Crippen molar-refractivity contribution in [3.8, 4) is 11.5 Å². The highest BCUT2D eigenvalue weighted by Gasteiger charge is 2.05. The lowest BCUT2D eigenvalue weighted by Gasteiger charge is -2.13. The first-order valence-electron chi connectivity index (χ1n) is 9.05. The van der Waals surface area contributed by atoms with Crippen LogP contribution in [0.15, 0.2) is 23.2 Å². The number of nitrogens with zero attached hydrogens (tertiary/aromatic N) is 1. The lowest BCUT2D eigenvalue weighted by Crippen LogP contribution is -2.38. The monoisotopic (exact) mass is 479 g/mol. The summed E-state index contributed by atoms with van der Waals surface area (Å²) in [6.07, 6.45) is 2.90. The quantitative estimate of drug-likeness (QED) is 0.209. The lowest BCUT2D eigenvalue weighted by molar-refractivity contribution is 0.144. The Morgan fingerprint density at radius 2 is 1.88 bits per heavy atom. The third kappa shape index (κ3) is 10.1. The zero-order valence-corrected chi connectivity index (χ0v) is 18.8. The maximum absolute atomic E-state index is 5.42. The molecule has 0 unspecified atom stereocenters. The molecule has 2 N–H and O–H groups in total. The van der Waals surface area contributed by atoms with Gasteiger partial charge in [0.2, 0.25) is 0 Å². The van der Waals surface area contributed by atoms with Crippen LogP contribution in [-0.2, 0) is 11.2 Å². The highest BCUT2D eigenvalue weighted by atomic mass is 127. The predicted molar refractivity (Wildman–Crippen MR) is 118 cm³/mol. The molecule has 1 aromatic rings. The highest BCUT2D eigenvalue weighted by molar-refractivity contribution is 14.0. The fraction of sp³-hybridized carbons (Fsp3) is 0.632. The van der Waals surface area contributed by atoms with Gasteiger partial charge in [-0.05, 0) is 56.9 Å². The molecule has 1 aromatic carbocycles. The van der Waals surface area contributed by atoms with Crippen LogP contribution < -0.4 is 20.1 Å². The SMILES string of the molecule is CCNC(=NCCCCOCC)NCCc1cc(OC)ccc1OC.I. The molecule has 0 radical (unpaired) electrons. The van der Waals surface area contributed by atoms with E-state index in [0.717, 1.165) is 75.1 Å². The predicted octanol–water partition coefficient (Wildman–Crippen LogP) is 3.24. The van der Waals surface area contributed by atoms with Crippen molar-refractivity contribution in [2.45, 2.75) is 33.1 Å². The minimum Gasteiger partial charge on any atom is -0.497 e. The fourth-order valence-corrected chi connectivity index (χ4v) is 2.39. The molecule has 0 amide bonds. The van der Waals surface area contributed by atoms with Gasteiger partial charge in [0.05, 0.1) is 14.2 Å². The number of guanidine groups is 1. The molecule has 0 bridgehead atoms. The number of rotatable bonds is 12. The molecule has 0 fully saturated rings. The maximum atomic E-state index is 5.42. The number of aliphatic imine (C=N–C) groups is 1. The summed E-state index contributed by atoms with van der Waals surface area (Å²) in [6, 6.07) is 5.85. The Morgan fingerprint density at radius 3 is 2.54 bits per heavy atom. The van der Waals surface area contributed by atoms with E-state index in [4.69, 9.17) is 14.2 Å². The van der Waals surface area contributed by atoms with Gasteiger partial charge in [0.15, 0.2) is 5.96 Å². The molecule has 1 rings (SSSR count). The second-order valence-electron chi connectivity index (χ2n) is 5.52. The number of hydrogen-bond acceptors (Lipinski definition) is 4. The standard InChI is InChI=1S/C19H33N3O3.HI/c1-5-20-19(21-12-7-8-14-25-6-2)22-13-11-16-15-17(23-3)9-10-18(16)24-4;/h9-10,15H,5-8,11-14H2,1-4H3,(H2,20,21,22);1H. The molecule has 0 saturated carbocycles. The Labute approximate surface area is 175 Å². The number of methoxy groups -OCH3 is 2. The Balaban J connectivity index is 0.00000625. The molecule has 0 aliphatic carbocycles. The molecule has 0 spiro atoms. The van der Waals surface area contributed by atoms with E-state index in [0.29, 0.717) is 0 Å². The molecule has 0 aliphatic rings. The number of ether oxygens (including phenoxy) is 3. The van der Waals surface area contributed by atoms with Crippen molar-refractivity contribution in [2.24, 2.45) is 4.99 Å². The average molecular weight is 479 g/mol. The van der Waals surface area contributed by atoms with Crippen molar-refractivity contribution in [1.82, 2.24) is 10.6 Å². The summed E-state index contributed by atoms with van der Waals surface area (Å²) in [4.78, 5) is 4.60. The van der Waals surface area contributed by atoms with Crippen molar-refractivity contribution >= 4 is 29.9 Å². The van der Waals surface area contributed by atoms with Crippen LogP contribution in [0.25, 0.3) is 0 Å². The third-order valence-electron chi connectivity index (χ3n) is 3.69. The second kappa shape index (κ2) is 16.0. The normalized spacial score (nSPS) is 10.8. The lowest BCUT2D eigenvalue weighted by atomic mass is 10.1. The molecule has 150 valence electrons. The minimum atomic E-state index is 0. The van der Waals surface area contributed by atoms with Gasteiger partial charge in [0.1, 0.15) is 11.5 Å². The Kier molecular flexibility index (Phi) is 15.2. The van der Waals surface area contributed by atoms with E-state index in [9.17, 15) is 0 Å². The summed E-state index contributed by atoms with van der Waals surface area (Å²) >= 11 is 0. The number of unbranched alkanes of at least 4 members (excludes halogenated alkanes) is 1. The summed E-state index contributed by atoms with van der Waals surface area (Å²) in [6.45, 7) is 8.08. The molecule has 0 heterocycles. The smallest absolute Gasteiger partial charge is 0.191 e. The maximum Gasteiger partial charge on any atom is 0.191 e. The van der Waals surface area contributed by atoms with E-state index in [1.807, 2.05) is 25.1 Å². The van der Waals surface area contributed by atoms with Crippen molar-refractivity contribution < 1.29 is 14.2 Å². The first-order valence-corrected chi connectivity index (χ1v) is 9.05. The molecule has 0 aliphatic heterocycles. The van der Waals surface area contributed by atoms with E-state index in [1.165, 1.54) is 0 Å². The largest absolute Gasteiger partial charge is 0.497 e. The fourth-order valence-electron chi connectivity index (χ4n) is 2.39. The van der Waals surface area contributed by atoms with Crippen LogP contribution in [0, 0.1) is 0 Å². The van der Waals surface area contributed by atoms with E-state index < -0.39 is 0 Å². The van der Waals surface area contributed by atoms with Crippen LogP contribution in [0.5, 0.6) is 11.5 Å². The zero-order valence-electron chi connectivity index (χ0n) is 16.5. The molecule has 7 heteroatoms. The summed E-state index contributed by atoms with van der Waals surface area (Å²) in [5.41, 5.74) is 1.11. The summed E-state index contributed by atoms with van der Waals surface area (Å²) in [5.74, 6) is 2.56. The molecule has 0 saturated heterocycles. The molecule has 6 nitrogen and oxygen atoms in total. The number of nitrogens with one attached hydrogen (secondary N) is 2. The number of hydrogen-bond donors (Lipinski definition) is 2. The Morgan fingerprint density at radius 1 is 1.08 bits per heavy atom. The van der Waals surface area contributed by atoms with Gasteiger partial charge in [-0.15, -0.1) is 24.0 Å². The van der Waals surface area contributed by atoms with Crippen LogP contribution in [-0.4, -0.2) is 53.0 Å². The van der Waals surface area contributed by atoms with Crippen molar-refractivity contribution in [3.63, 3.8) is 0 Å². The summed E-state index contributed by atoms with van der Waals surface area (Å²) in [5, 5.41) is 6.65. The molecule has 0 aromatic heterocycles. The van der Waals surface area contributed by atoms with Gasteiger partial charge in [-0.1, -0.05) is 0 Å². The molecular weight excluding hydrogens is 445 g/mol. The molecule has 26 heavy (non-hydrogen) atoms. The van der Waals surface area contributed by atoms with Gasteiger partial charge >= 0.3 is 0 Å². The first kappa shape index (κ1) is 24.8. The molecular formula is C19H34IN3O3. The Bertz CT molecular complexity index is 513. The van der Waals surface area contributed by atoms with Gasteiger partial charge in [0.25, 0.3) is 0 Å². The van der Waals surface area contributed by atoms with Crippen molar-refractivity contribution in [2.75, 3.05) is 47.1 Å². The number of halogens is 1. The van der Waals surface area contributed by atoms with Crippen LogP contribution in [0.2, 0.25) is 0 Å². The summed E-state index contributed by atoms with van der Waals surface area (Å²) < 4.78 is 16.1.